The van der Waals surface area contributed by atoms with E-state index in [0.717, 1.165) is 5.69 Å². The highest BCUT2D eigenvalue weighted by Crippen LogP contribution is 2.50. The fourth-order valence-corrected chi connectivity index (χ4v) is 7.75. The van der Waals surface area contributed by atoms with Crippen molar-refractivity contribution in [3.05, 3.63) is 63.7 Å². The second-order valence-corrected chi connectivity index (χ2v) is 11.2. The Hall–Kier alpha value is -2.10. The predicted octanol–water partition coefficient (Wildman–Crippen LogP) is 3.40. The van der Waals surface area contributed by atoms with Crippen LogP contribution < -0.4 is 10.3 Å². The Balaban J connectivity index is 1.43. The Bertz CT molecular complexity index is 1140. The zero-order valence-electron chi connectivity index (χ0n) is 18.8. The van der Waals surface area contributed by atoms with Gasteiger partial charge in [0.15, 0.2) is 0 Å². The van der Waals surface area contributed by atoms with E-state index < -0.39 is 0 Å². The van der Waals surface area contributed by atoms with Crippen LogP contribution in [0.1, 0.15) is 6.92 Å². The summed E-state index contributed by atoms with van der Waals surface area (Å²) in [5, 5.41) is 2.53. The van der Waals surface area contributed by atoms with Gasteiger partial charge in [0.2, 0.25) is 0 Å². The summed E-state index contributed by atoms with van der Waals surface area (Å²) in [6.07, 6.45) is 9.02. The van der Waals surface area contributed by atoms with Gasteiger partial charge in [-0.25, -0.2) is 20.1 Å². The van der Waals surface area contributed by atoms with Crippen molar-refractivity contribution in [1.29, 1.82) is 0 Å². The largest absolute Gasteiger partial charge is 0.378 e. The van der Waals surface area contributed by atoms with E-state index in [1.165, 1.54) is 21.0 Å². The van der Waals surface area contributed by atoms with Gasteiger partial charge < -0.3 is 14.5 Å². The molecule has 1 N–H and O–H groups in total. The fourth-order valence-electron chi connectivity index (χ4n) is 5.36. The van der Waals surface area contributed by atoms with Crippen molar-refractivity contribution in [2.75, 3.05) is 50.7 Å². The lowest BCUT2D eigenvalue weighted by Crippen LogP contribution is -2.56. The molecule has 174 valence electrons. The third kappa shape index (κ3) is 3.39. The molecule has 4 heterocycles. The van der Waals surface area contributed by atoms with Crippen LogP contribution in [-0.4, -0.2) is 77.8 Å². The number of hydrogen-bond donors (Lipinski definition) is 1. The molecule has 3 atom stereocenters. The Morgan fingerprint density at radius 3 is 2.82 bits per heavy atom. The number of allylic oxidation sites excluding steroid dienone is 2. The molecule has 2 fully saturated rings. The molecule has 0 bridgehead atoms. The lowest BCUT2D eigenvalue weighted by atomic mass is 9.97. The number of ether oxygens (including phenoxy) is 1. The average Bonchev–Trinajstić information content (AvgIpc) is 3.45. The first-order chi connectivity index (χ1) is 16.0. The number of benzene rings is 1. The number of morpholine rings is 1. The minimum absolute atomic E-state index is 0.0108. The standard InChI is InChI=1S/C24H28ClN5O2S/c1-16-7-8-20-22(16)17-13-28(19-6-4-3-5-18(19)25)14-21-29(23(17)33(20)2)15-26-30(21)24(31)27-9-11-32-12-10-27/h3-8,13,16,21,26H,9-12,14-15H2,1-2H3. The molecule has 7 nitrogen and oxygen atoms in total. The number of amides is 2. The summed E-state index contributed by atoms with van der Waals surface area (Å²) in [6.45, 7) is 5.91. The first-order valence-electron chi connectivity index (χ1n) is 11.4. The van der Waals surface area contributed by atoms with Crippen molar-refractivity contribution in [3.63, 3.8) is 0 Å². The molecule has 9 heteroatoms. The average molecular weight is 486 g/mol. The molecule has 3 unspecified atom stereocenters. The molecule has 0 aromatic heterocycles. The number of rotatable bonds is 1. The highest BCUT2D eigenvalue weighted by Gasteiger charge is 2.46. The van der Waals surface area contributed by atoms with E-state index >= 15 is 0 Å². The lowest BCUT2D eigenvalue weighted by molar-refractivity contribution is 0.0356. The summed E-state index contributed by atoms with van der Waals surface area (Å²) in [5.41, 5.74) is 7.05. The van der Waals surface area contributed by atoms with Crippen molar-refractivity contribution >= 4 is 38.8 Å². The summed E-state index contributed by atoms with van der Waals surface area (Å²) in [7, 11) is -0.0509. The predicted molar refractivity (Wildman–Crippen MR) is 134 cm³/mol. The maximum atomic E-state index is 13.5. The number of fused-ring (bicyclic) bond motifs is 4. The third-order valence-electron chi connectivity index (χ3n) is 7.02. The van der Waals surface area contributed by atoms with Crippen LogP contribution >= 0.6 is 22.1 Å². The molecule has 2 amide bonds. The second kappa shape index (κ2) is 8.29. The van der Waals surface area contributed by atoms with E-state index in [-0.39, 0.29) is 22.7 Å². The van der Waals surface area contributed by atoms with Gasteiger partial charge >= 0.3 is 6.03 Å². The number of anilines is 1. The maximum Gasteiger partial charge on any atom is 0.336 e. The van der Waals surface area contributed by atoms with Crippen LogP contribution in [0.3, 0.4) is 0 Å². The number of para-hydroxylation sites is 1. The van der Waals surface area contributed by atoms with Crippen LogP contribution in [0.4, 0.5) is 10.5 Å². The SMILES string of the molecule is CC1C=CC2=C1C1=CN(c3ccccc3Cl)CC3N(CNN3C(=O)N3CCOCC3)C1=S2C. The summed E-state index contributed by atoms with van der Waals surface area (Å²) >= 11 is 6.65. The summed E-state index contributed by atoms with van der Waals surface area (Å²) in [5.74, 6) is 0.380. The molecular weight excluding hydrogens is 458 g/mol. The molecule has 5 aliphatic rings. The summed E-state index contributed by atoms with van der Waals surface area (Å²) in [4.78, 5) is 22.8. The Labute approximate surface area is 201 Å². The number of carbonyl (C=O) groups excluding carboxylic acids is 1. The minimum Gasteiger partial charge on any atom is -0.378 e. The summed E-state index contributed by atoms with van der Waals surface area (Å²) < 4.78 is 5.46. The van der Waals surface area contributed by atoms with Crippen LogP contribution in [0.5, 0.6) is 0 Å². The highest BCUT2D eigenvalue weighted by molar-refractivity contribution is 8.19. The van der Waals surface area contributed by atoms with Crippen molar-refractivity contribution in [3.8, 4) is 0 Å². The maximum absolute atomic E-state index is 13.5. The minimum atomic E-state index is -0.144. The zero-order chi connectivity index (χ0) is 22.7. The third-order valence-corrected chi connectivity index (χ3v) is 9.39. The molecule has 0 spiro atoms. The van der Waals surface area contributed by atoms with Crippen LogP contribution in [0.15, 0.2) is 58.7 Å². The van der Waals surface area contributed by atoms with Crippen molar-refractivity contribution in [2.45, 2.75) is 13.1 Å². The Morgan fingerprint density at radius 2 is 2.03 bits per heavy atom. The van der Waals surface area contributed by atoms with Gasteiger partial charge in [-0.15, -0.1) is 10.5 Å². The number of halogens is 1. The Morgan fingerprint density at radius 1 is 1.24 bits per heavy atom. The number of nitrogens with zero attached hydrogens (tertiary/aromatic N) is 4. The molecule has 1 aromatic carbocycles. The van der Waals surface area contributed by atoms with E-state index in [4.69, 9.17) is 16.3 Å². The van der Waals surface area contributed by atoms with Crippen LogP contribution in [0, 0.1) is 5.92 Å². The van der Waals surface area contributed by atoms with Gasteiger partial charge in [0.1, 0.15) is 6.17 Å². The number of nitrogens with one attached hydrogen (secondary N) is 1. The first-order valence-corrected chi connectivity index (χ1v) is 13.4. The van der Waals surface area contributed by atoms with Gasteiger partial charge in [0, 0.05) is 35.7 Å². The van der Waals surface area contributed by atoms with E-state index in [0.29, 0.717) is 50.5 Å². The molecule has 2 saturated heterocycles. The van der Waals surface area contributed by atoms with Gasteiger partial charge in [-0.3, -0.25) is 0 Å². The quantitative estimate of drug-likeness (QED) is 0.618. The number of carbonyl (C=O) groups is 1. The van der Waals surface area contributed by atoms with Gasteiger partial charge in [-0.05, 0) is 24.0 Å². The van der Waals surface area contributed by atoms with E-state index in [2.05, 4.69) is 52.8 Å². The zero-order valence-corrected chi connectivity index (χ0v) is 20.4. The van der Waals surface area contributed by atoms with Crippen LogP contribution in [0.2, 0.25) is 5.02 Å². The van der Waals surface area contributed by atoms with Crippen LogP contribution in [0.25, 0.3) is 0 Å². The van der Waals surface area contributed by atoms with E-state index in [1.807, 2.05) is 28.1 Å². The normalized spacial score (nSPS) is 29.3. The molecule has 1 aliphatic carbocycles. The molecule has 33 heavy (non-hydrogen) atoms. The van der Waals surface area contributed by atoms with Gasteiger partial charge in [-0.2, -0.15) is 0 Å². The Kier molecular flexibility index (Phi) is 5.38. The van der Waals surface area contributed by atoms with E-state index in [1.54, 1.807) is 0 Å². The molecule has 0 saturated carbocycles. The van der Waals surface area contributed by atoms with Gasteiger partial charge in [0.05, 0.1) is 42.1 Å². The van der Waals surface area contributed by atoms with Crippen molar-refractivity contribution in [2.24, 2.45) is 5.92 Å². The van der Waals surface area contributed by atoms with Crippen molar-refractivity contribution < 1.29 is 9.53 Å². The number of urea groups is 1. The fraction of sp³-hybridized carbons (Fsp3) is 0.417. The highest BCUT2D eigenvalue weighted by atomic mass is 35.5. The second-order valence-electron chi connectivity index (χ2n) is 8.91. The molecule has 1 aromatic rings. The molecule has 0 radical (unpaired) electrons. The topological polar surface area (TPSA) is 51.3 Å². The summed E-state index contributed by atoms with van der Waals surface area (Å²) in [6, 6.07) is 7.96. The van der Waals surface area contributed by atoms with E-state index in [9.17, 15) is 4.79 Å². The van der Waals surface area contributed by atoms with Gasteiger partial charge in [0.25, 0.3) is 0 Å². The number of hydrazine groups is 1. The monoisotopic (exact) mass is 485 g/mol. The molecule has 6 rings (SSSR count). The first kappa shape index (κ1) is 21.4. The van der Waals surface area contributed by atoms with Crippen molar-refractivity contribution in [1.82, 2.24) is 20.2 Å². The molecule has 4 aliphatic heterocycles. The van der Waals surface area contributed by atoms with Crippen LogP contribution in [-0.2, 0) is 4.74 Å². The lowest BCUT2D eigenvalue weighted by Gasteiger charge is -2.36. The molecular formula is C24H28ClN5O2S. The van der Waals surface area contributed by atoms with Gasteiger partial charge in [-0.1, -0.05) is 42.8 Å². The number of hydrogen-bond acceptors (Lipinski definition) is 5. The smallest absolute Gasteiger partial charge is 0.336 e.